The average Bonchev–Trinajstić information content (AvgIpc) is 3.33. The van der Waals surface area contributed by atoms with Gasteiger partial charge in [0.15, 0.2) is 5.13 Å². The van der Waals surface area contributed by atoms with Crippen molar-refractivity contribution in [2.75, 3.05) is 11.9 Å². The molecule has 4 rings (SSSR count). The number of aromatic nitrogens is 1. The molecule has 31 heavy (non-hydrogen) atoms. The molecule has 2 amide bonds. The minimum atomic E-state index is -0.203. The van der Waals surface area contributed by atoms with E-state index in [0.717, 1.165) is 22.4 Å². The van der Waals surface area contributed by atoms with Gasteiger partial charge in [-0.3, -0.25) is 14.5 Å². The van der Waals surface area contributed by atoms with Crippen molar-refractivity contribution in [3.63, 3.8) is 0 Å². The molecule has 1 aromatic heterocycles. The molecule has 2 aromatic carbocycles. The molecule has 0 radical (unpaired) electrons. The van der Waals surface area contributed by atoms with Gasteiger partial charge in [0, 0.05) is 23.9 Å². The first-order valence-electron chi connectivity index (χ1n) is 9.62. The van der Waals surface area contributed by atoms with Crippen LogP contribution in [0.1, 0.15) is 17.5 Å². The van der Waals surface area contributed by atoms with Crippen LogP contribution in [0.3, 0.4) is 0 Å². The number of anilines is 1. The number of benzene rings is 2. The van der Waals surface area contributed by atoms with Crippen molar-refractivity contribution in [2.45, 2.75) is 13.3 Å². The Hall–Kier alpha value is -2.81. The second kappa shape index (κ2) is 9.55. The number of nitrogens with zero attached hydrogens (tertiary/aromatic N) is 2. The topological polar surface area (TPSA) is 62.3 Å². The van der Waals surface area contributed by atoms with E-state index < -0.39 is 0 Å². The third kappa shape index (κ3) is 5.28. The van der Waals surface area contributed by atoms with Crippen LogP contribution in [0.25, 0.3) is 17.3 Å². The molecule has 1 aliphatic heterocycles. The smallest absolute Gasteiger partial charge is 0.266 e. The highest BCUT2D eigenvalue weighted by Crippen LogP contribution is 2.32. The van der Waals surface area contributed by atoms with E-state index in [4.69, 9.17) is 12.2 Å². The highest BCUT2D eigenvalue weighted by Gasteiger charge is 2.32. The Labute approximate surface area is 194 Å². The summed E-state index contributed by atoms with van der Waals surface area (Å²) in [7, 11) is 0. The van der Waals surface area contributed by atoms with Crippen LogP contribution in [0.2, 0.25) is 0 Å². The summed E-state index contributed by atoms with van der Waals surface area (Å²) >= 11 is 7.99. The quantitative estimate of drug-likeness (QED) is 0.393. The molecule has 1 fully saturated rings. The standard InChI is InChI=1S/C23H19N3O2S3/c1-15-7-9-16(10-8-15)13-19-21(28)26(23(29)31-19)12-11-20(27)25-22-24-18(14-30-22)17-5-3-2-4-6-17/h2-10,13-14H,11-12H2,1H3,(H,24,25,27). The number of rotatable bonds is 6. The first-order valence-corrected chi connectivity index (χ1v) is 11.7. The van der Waals surface area contributed by atoms with Gasteiger partial charge in [-0.25, -0.2) is 4.98 Å². The predicted octanol–water partition coefficient (Wildman–Crippen LogP) is 5.35. The van der Waals surface area contributed by atoms with E-state index in [1.807, 2.05) is 73.0 Å². The minimum absolute atomic E-state index is 0.143. The maximum atomic E-state index is 12.7. The Bertz CT molecular complexity index is 1150. The van der Waals surface area contributed by atoms with Crippen LogP contribution >= 0.6 is 35.3 Å². The van der Waals surface area contributed by atoms with Gasteiger partial charge in [-0.15, -0.1) is 11.3 Å². The van der Waals surface area contributed by atoms with E-state index >= 15 is 0 Å². The molecule has 1 saturated heterocycles. The number of hydrogen-bond donors (Lipinski definition) is 1. The Balaban J connectivity index is 1.34. The van der Waals surface area contributed by atoms with E-state index in [9.17, 15) is 9.59 Å². The molecular weight excluding hydrogens is 446 g/mol. The zero-order valence-corrected chi connectivity index (χ0v) is 19.2. The monoisotopic (exact) mass is 465 g/mol. The fourth-order valence-electron chi connectivity index (χ4n) is 2.97. The number of nitrogens with one attached hydrogen (secondary N) is 1. The van der Waals surface area contributed by atoms with Gasteiger partial charge in [-0.2, -0.15) is 0 Å². The van der Waals surface area contributed by atoms with Gasteiger partial charge in [-0.1, -0.05) is 84.1 Å². The van der Waals surface area contributed by atoms with Gasteiger partial charge in [-0.05, 0) is 18.6 Å². The molecule has 8 heteroatoms. The molecule has 3 aromatic rings. The maximum Gasteiger partial charge on any atom is 0.266 e. The summed E-state index contributed by atoms with van der Waals surface area (Å²) in [5.41, 5.74) is 3.92. The molecule has 156 valence electrons. The molecular formula is C23H19N3O2S3. The zero-order valence-electron chi connectivity index (χ0n) is 16.7. The van der Waals surface area contributed by atoms with Crippen molar-refractivity contribution in [3.05, 3.63) is 76.0 Å². The van der Waals surface area contributed by atoms with E-state index in [2.05, 4.69) is 10.3 Å². The lowest BCUT2D eigenvalue weighted by molar-refractivity contribution is -0.122. The molecule has 1 N–H and O–H groups in total. The van der Waals surface area contributed by atoms with Crippen LogP contribution in [0.4, 0.5) is 5.13 Å². The third-order valence-corrected chi connectivity index (χ3v) is 6.77. The maximum absolute atomic E-state index is 12.7. The first-order chi connectivity index (χ1) is 15.0. The van der Waals surface area contributed by atoms with Crippen LogP contribution in [-0.2, 0) is 9.59 Å². The highest BCUT2D eigenvalue weighted by atomic mass is 32.2. The Morgan fingerprint density at radius 1 is 1.16 bits per heavy atom. The number of thioether (sulfide) groups is 1. The van der Waals surface area contributed by atoms with Crippen molar-refractivity contribution in [3.8, 4) is 11.3 Å². The molecule has 0 spiro atoms. The van der Waals surface area contributed by atoms with Crippen molar-refractivity contribution in [1.29, 1.82) is 0 Å². The summed E-state index contributed by atoms with van der Waals surface area (Å²) in [5.74, 6) is -0.366. The molecule has 5 nitrogen and oxygen atoms in total. The fraction of sp³-hybridized carbons (Fsp3) is 0.130. The van der Waals surface area contributed by atoms with Gasteiger partial charge in [0.2, 0.25) is 5.91 Å². The van der Waals surface area contributed by atoms with Gasteiger partial charge in [0.05, 0.1) is 10.6 Å². The number of carbonyl (C=O) groups excluding carboxylic acids is 2. The Morgan fingerprint density at radius 3 is 2.65 bits per heavy atom. The van der Waals surface area contributed by atoms with Crippen LogP contribution in [0.5, 0.6) is 0 Å². The van der Waals surface area contributed by atoms with E-state index in [-0.39, 0.29) is 24.8 Å². The number of hydrogen-bond acceptors (Lipinski definition) is 6. The molecule has 0 bridgehead atoms. The molecule has 0 atom stereocenters. The number of thiazole rings is 1. The summed E-state index contributed by atoms with van der Waals surface area (Å²) in [6.07, 6.45) is 1.98. The van der Waals surface area contributed by atoms with E-state index in [0.29, 0.717) is 14.4 Å². The van der Waals surface area contributed by atoms with Crippen molar-refractivity contribution < 1.29 is 9.59 Å². The fourth-order valence-corrected chi connectivity index (χ4v) is 5.02. The molecule has 2 heterocycles. The molecule has 0 aliphatic carbocycles. The normalized spacial score (nSPS) is 15.0. The number of thiocarbonyl (C=S) groups is 1. The predicted molar refractivity (Wildman–Crippen MR) is 132 cm³/mol. The van der Waals surface area contributed by atoms with E-state index in [1.165, 1.54) is 28.0 Å². The summed E-state index contributed by atoms with van der Waals surface area (Å²) in [5, 5.41) is 5.25. The number of carbonyl (C=O) groups is 2. The summed E-state index contributed by atoms with van der Waals surface area (Å²) in [4.78, 5) is 31.6. The lowest BCUT2D eigenvalue weighted by atomic mass is 10.1. The van der Waals surface area contributed by atoms with Gasteiger partial charge in [0.1, 0.15) is 4.32 Å². The van der Waals surface area contributed by atoms with Gasteiger partial charge < -0.3 is 5.32 Å². The first kappa shape index (κ1) is 21.4. The second-order valence-electron chi connectivity index (χ2n) is 6.95. The van der Waals surface area contributed by atoms with Crippen molar-refractivity contribution in [1.82, 2.24) is 9.88 Å². The SMILES string of the molecule is Cc1ccc(C=C2SC(=S)N(CCC(=O)Nc3nc(-c4ccccc4)cs3)C2=O)cc1. The number of amides is 2. The van der Waals surface area contributed by atoms with Crippen LogP contribution in [0.15, 0.2) is 64.9 Å². The van der Waals surface area contributed by atoms with Crippen molar-refractivity contribution >= 4 is 62.7 Å². The average molecular weight is 466 g/mol. The second-order valence-corrected chi connectivity index (χ2v) is 9.48. The lowest BCUT2D eigenvalue weighted by Crippen LogP contribution is -2.31. The highest BCUT2D eigenvalue weighted by molar-refractivity contribution is 8.26. The molecule has 0 unspecified atom stereocenters. The lowest BCUT2D eigenvalue weighted by Gasteiger charge is -2.13. The largest absolute Gasteiger partial charge is 0.302 e. The number of aryl methyl sites for hydroxylation is 1. The van der Waals surface area contributed by atoms with E-state index in [1.54, 1.807) is 0 Å². The summed E-state index contributed by atoms with van der Waals surface area (Å²) in [6.45, 7) is 2.25. The summed E-state index contributed by atoms with van der Waals surface area (Å²) < 4.78 is 0.469. The van der Waals surface area contributed by atoms with Gasteiger partial charge >= 0.3 is 0 Å². The van der Waals surface area contributed by atoms with Crippen molar-refractivity contribution in [2.24, 2.45) is 0 Å². The Kier molecular flexibility index (Phi) is 6.60. The Morgan fingerprint density at radius 2 is 1.90 bits per heavy atom. The molecule has 0 saturated carbocycles. The third-order valence-electron chi connectivity index (χ3n) is 4.63. The van der Waals surface area contributed by atoms with Crippen LogP contribution < -0.4 is 5.32 Å². The van der Waals surface area contributed by atoms with Crippen LogP contribution in [-0.4, -0.2) is 32.6 Å². The zero-order chi connectivity index (χ0) is 21.8. The summed E-state index contributed by atoms with van der Waals surface area (Å²) in [6, 6.07) is 17.7. The van der Waals surface area contributed by atoms with Gasteiger partial charge in [0.25, 0.3) is 5.91 Å². The van der Waals surface area contributed by atoms with Crippen LogP contribution in [0, 0.1) is 6.92 Å². The molecule has 1 aliphatic rings. The minimum Gasteiger partial charge on any atom is -0.302 e.